The Bertz CT molecular complexity index is 1270. The number of fused-ring (bicyclic) bond motifs is 1. The molecule has 200 valence electrons. The highest BCUT2D eigenvalue weighted by Crippen LogP contribution is 2.40. The zero-order valence-electron chi connectivity index (χ0n) is 21.8. The predicted molar refractivity (Wildman–Crippen MR) is 135 cm³/mol. The van der Waals surface area contributed by atoms with Gasteiger partial charge in [-0.3, -0.25) is 9.63 Å². The number of aliphatic hydroxyl groups excluding tert-OH is 1. The monoisotopic (exact) mass is 518 g/mol. The molecule has 1 aromatic heterocycles. The third-order valence-corrected chi connectivity index (χ3v) is 6.12. The lowest BCUT2D eigenvalue weighted by atomic mass is 10.0. The number of benzene rings is 2. The Morgan fingerprint density at radius 2 is 1.92 bits per heavy atom. The minimum absolute atomic E-state index is 0.136. The van der Waals surface area contributed by atoms with Gasteiger partial charge in [-0.1, -0.05) is 18.2 Å². The topological polar surface area (TPSA) is 106 Å². The number of halogens is 2. The van der Waals surface area contributed by atoms with Crippen molar-refractivity contribution in [3.8, 4) is 11.5 Å². The van der Waals surface area contributed by atoms with Crippen LogP contribution in [0, 0.1) is 6.92 Å². The summed E-state index contributed by atoms with van der Waals surface area (Å²) in [5.74, 6) is -1.74. The molecule has 3 aromatic rings. The fourth-order valence-electron chi connectivity index (χ4n) is 4.02. The first-order valence-corrected chi connectivity index (χ1v) is 11.6. The van der Waals surface area contributed by atoms with E-state index in [0.717, 1.165) is 5.06 Å². The normalized spacial score (nSPS) is 12.4. The summed E-state index contributed by atoms with van der Waals surface area (Å²) in [6.45, 7) is 2.28. The molecule has 0 bridgehead atoms. The molecule has 2 N–H and O–H groups in total. The Hall–Kier alpha value is -3.57. The van der Waals surface area contributed by atoms with Crippen molar-refractivity contribution in [1.29, 1.82) is 0 Å². The van der Waals surface area contributed by atoms with Crippen LogP contribution in [0.15, 0.2) is 30.3 Å². The van der Waals surface area contributed by atoms with E-state index in [4.69, 9.17) is 19.4 Å². The fourth-order valence-corrected chi connectivity index (χ4v) is 4.02. The average Bonchev–Trinajstić information content (AvgIpc) is 2.90. The molecule has 0 unspecified atom stereocenters. The molecule has 0 aliphatic rings. The number of ether oxygens (including phenoxy) is 2. The van der Waals surface area contributed by atoms with Crippen LogP contribution >= 0.6 is 0 Å². The van der Waals surface area contributed by atoms with Gasteiger partial charge in [0.25, 0.3) is 5.92 Å². The number of rotatable bonds is 11. The van der Waals surface area contributed by atoms with Crippen LogP contribution in [0.3, 0.4) is 0 Å². The summed E-state index contributed by atoms with van der Waals surface area (Å²) >= 11 is 0. The highest BCUT2D eigenvalue weighted by Gasteiger charge is 2.31. The van der Waals surface area contributed by atoms with Crippen molar-refractivity contribution < 1.29 is 33.0 Å². The van der Waals surface area contributed by atoms with E-state index in [2.05, 4.69) is 15.3 Å². The number of methoxy groups -OCH3 is 2. The van der Waals surface area contributed by atoms with Crippen LogP contribution in [-0.2, 0) is 22.0 Å². The van der Waals surface area contributed by atoms with Crippen LogP contribution in [0.2, 0.25) is 0 Å². The quantitative estimate of drug-likeness (QED) is 0.365. The van der Waals surface area contributed by atoms with Crippen LogP contribution in [0.5, 0.6) is 11.5 Å². The third-order valence-electron chi connectivity index (χ3n) is 6.12. The van der Waals surface area contributed by atoms with Crippen LogP contribution < -0.4 is 14.8 Å². The average molecular weight is 519 g/mol. The van der Waals surface area contributed by atoms with Gasteiger partial charge in [0.1, 0.15) is 18.2 Å². The molecule has 1 amide bonds. The van der Waals surface area contributed by atoms with Gasteiger partial charge < -0.3 is 19.9 Å². The fraction of sp³-hybridized carbons (Fsp3) is 0.423. The summed E-state index contributed by atoms with van der Waals surface area (Å²) in [6, 6.07) is 7.21. The summed E-state index contributed by atoms with van der Waals surface area (Å²) in [5.41, 5.74) is 1.56. The summed E-state index contributed by atoms with van der Waals surface area (Å²) in [4.78, 5) is 26.6. The second-order valence-electron chi connectivity index (χ2n) is 8.53. The van der Waals surface area contributed by atoms with Crippen molar-refractivity contribution in [2.45, 2.75) is 38.7 Å². The lowest BCUT2D eigenvalue weighted by Crippen LogP contribution is -2.25. The molecule has 0 radical (unpaired) electrons. The molecule has 0 aliphatic carbocycles. The van der Waals surface area contributed by atoms with E-state index >= 15 is 0 Å². The second-order valence-corrected chi connectivity index (χ2v) is 8.53. The minimum atomic E-state index is -3.35. The maximum Gasteiger partial charge on any atom is 0.295 e. The highest BCUT2D eigenvalue weighted by molar-refractivity contribution is 5.95. The molecule has 0 saturated carbocycles. The smallest absolute Gasteiger partial charge is 0.295 e. The summed E-state index contributed by atoms with van der Waals surface area (Å²) in [6.07, 6.45) is 0.435. The van der Waals surface area contributed by atoms with Crippen molar-refractivity contribution in [1.82, 2.24) is 15.0 Å². The number of anilines is 1. The number of carbonyl (C=O) groups is 1. The molecule has 1 heterocycles. The van der Waals surface area contributed by atoms with Crippen LogP contribution in [0.1, 0.15) is 41.9 Å². The molecule has 0 aliphatic heterocycles. The number of hydrogen-bond acceptors (Lipinski definition) is 8. The van der Waals surface area contributed by atoms with Gasteiger partial charge in [0, 0.05) is 36.0 Å². The van der Waals surface area contributed by atoms with Gasteiger partial charge >= 0.3 is 0 Å². The summed E-state index contributed by atoms with van der Waals surface area (Å²) in [7, 11) is 5.97. The molecule has 3 rings (SSSR count). The number of aliphatic hydroxyl groups is 1. The van der Waals surface area contributed by atoms with E-state index in [1.165, 1.54) is 46.6 Å². The molecule has 37 heavy (non-hydrogen) atoms. The van der Waals surface area contributed by atoms with Crippen LogP contribution in [0.4, 0.5) is 14.6 Å². The van der Waals surface area contributed by atoms with Crippen molar-refractivity contribution in [2.24, 2.45) is 0 Å². The maximum absolute atomic E-state index is 14.1. The number of aromatic nitrogens is 2. The first kappa shape index (κ1) is 28.0. The maximum atomic E-state index is 14.1. The SMILES string of the molecule is COc1cc2c(N[C@H](C)c3cccc(C(F)(F)CO)c3)nc(C)nc2c(CCC(=O)N(C)OC)c1OC. The first-order valence-electron chi connectivity index (χ1n) is 11.6. The van der Waals surface area contributed by atoms with Gasteiger partial charge in [-0.25, -0.2) is 15.0 Å². The van der Waals surface area contributed by atoms with Crippen molar-refractivity contribution in [2.75, 3.05) is 40.3 Å². The second kappa shape index (κ2) is 11.7. The van der Waals surface area contributed by atoms with Crippen LogP contribution in [0.25, 0.3) is 10.9 Å². The van der Waals surface area contributed by atoms with Gasteiger partial charge in [0.2, 0.25) is 5.91 Å². The molecular weight excluding hydrogens is 486 g/mol. The summed E-state index contributed by atoms with van der Waals surface area (Å²) < 4.78 is 39.3. The van der Waals surface area contributed by atoms with Gasteiger partial charge in [-0.2, -0.15) is 8.78 Å². The molecule has 1 atom stereocenters. The van der Waals surface area contributed by atoms with E-state index in [1.54, 1.807) is 19.1 Å². The molecule has 0 fully saturated rings. The zero-order valence-corrected chi connectivity index (χ0v) is 21.8. The molecule has 11 heteroatoms. The number of nitrogens with one attached hydrogen (secondary N) is 1. The van der Waals surface area contributed by atoms with Crippen molar-refractivity contribution in [3.63, 3.8) is 0 Å². The van der Waals surface area contributed by atoms with Gasteiger partial charge in [0.05, 0.1) is 26.8 Å². The predicted octanol–water partition coefficient (Wildman–Crippen LogP) is 4.17. The standard InChI is InChI=1S/C26H32F2N4O5/c1-15(17-8-7-9-18(12-17)26(27,28)14-33)29-25-20-13-21(35-4)24(36-5)19(23(20)30-16(2)31-25)10-11-22(34)32(3)37-6/h7-9,12-13,15,33H,10-11,14H2,1-6H3,(H,29,30,31)/t15-/m1/s1. The highest BCUT2D eigenvalue weighted by atomic mass is 19.3. The number of aryl methyl sites for hydroxylation is 2. The lowest BCUT2D eigenvalue weighted by molar-refractivity contribution is -0.168. The Labute approximate surface area is 214 Å². The Morgan fingerprint density at radius 3 is 2.54 bits per heavy atom. The number of amides is 1. The molecule has 0 spiro atoms. The number of nitrogens with zero attached hydrogens (tertiary/aromatic N) is 3. The van der Waals surface area contributed by atoms with Gasteiger partial charge in [-0.15, -0.1) is 0 Å². The Morgan fingerprint density at radius 1 is 1.19 bits per heavy atom. The van der Waals surface area contributed by atoms with Crippen LogP contribution in [-0.4, -0.2) is 61.0 Å². The third kappa shape index (κ3) is 6.05. The summed E-state index contributed by atoms with van der Waals surface area (Å²) in [5, 5.41) is 14.1. The van der Waals surface area contributed by atoms with E-state index in [1.807, 2.05) is 6.92 Å². The number of hydroxylamine groups is 2. The molecule has 0 saturated heterocycles. The Kier molecular flexibility index (Phi) is 8.82. The minimum Gasteiger partial charge on any atom is -0.493 e. The largest absolute Gasteiger partial charge is 0.493 e. The van der Waals surface area contributed by atoms with E-state index in [0.29, 0.717) is 51.6 Å². The molecule has 2 aromatic carbocycles. The zero-order chi connectivity index (χ0) is 27.3. The number of carbonyl (C=O) groups excluding carboxylic acids is 1. The molecular formula is C26H32F2N4O5. The first-order chi connectivity index (χ1) is 17.6. The van der Waals surface area contributed by atoms with Gasteiger partial charge in [0.15, 0.2) is 11.5 Å². The van der Waals surface area contributed by atoms with E-state index < -0.39 is 18.6 Å². The van der Waals surface area contributed by atoms with Crippen molar-refractivity contribution >= 4 is 22.6 Å². The number of hydrogen-bond donors (Lipinski definition) is 2. The lowest BCUT2D eigenvalue weighted by Gasteiger charge is -2.21. The molecule has 9 nitrogen and oxygen atoms in total. The Balaban J connectivity index is 2.07. The van der Waals surface area contributed by atoms with Gasteiger partial charge in [-0.05, 0) is 38.0 Å². The van der Waals surface area contributed by atoms with E-state index in [9.17, 15) is 13.6 Å². The van der Waals surface area contributed by atoms with E-state index in [-0.39, 0.29) is 17.9 Å². The number of alkyl halides is 2. The van der Waals surface area contributed by atoms with Crippen molar-refractivity contribution in [3.05, 3.63) is 52.8 Å².